The molecule has 0 saturated carbocycles. The Balaban J connectivity index is 1.98. The number of amidine groups is 1. The first-order chi connectivity index (χ1) is 10.6. The summed E-state index contributed by atoms with van der Waals surface area (Å²) >= 11 is 3.53. The molecule has 0 amide bonds. The van der Waals surface area contributed by atoms with Crippen molar-refractivity contribution in [2.24, 2.45) is 4.99 Å². The summed E-state index contributed by atoms with van der Waals surface area (Å²) in [4.78, 5) is 6.71. The van der Waals surface area contributed by atoms with E-state index in [2.05, 4.69) is 27.8 Å². The van der Waals surface area contributed by atoms with E-state index in [1.54, 1.807) is 0 Å². The normalized spacial score (nSPS) is 23.0. The molecule has 22 heavy (non-hydrogen) atoms. The van der Waals surface area contributed by atoms with Crippen LogP contribution in [0.15, 0.2) is 51.9 Å². The predicted molar refractivity (Wildman–Crippen MR) is 91.0 cm³/mol. The molecule has 2 aromatic rings. The van der Waals surface area contributed by atoms with Gasteiger partial charge < -0.3 is 10.0 Å². The summed E-state index contributed by atoms with van der Waals surface area (Å²) in [5.74, 6) is 0.914. The second-order valence-corrected chi connectivity index (χ2v) is 6.85. The maximum absolute atomic E-state index is 11.6. The Hall–Kier alpha value is -1.65. The Morgan fingerprint density at radius 3 is 2.73 bits per heavy atom. The Morgan fingerprint density at radius 2 is 1.95 bits per heavy atom. The van der Waals surface area contributed by atoms with Crippen molar-refractivity contribution in [3.63, 3.8) is 0 Å². The number of aliphatic hydroxyl groups is 1. The Labute approximate surface area is 138 Å². The van der Waals surface area contributed by atoms with Gasteiger partial charge in [-0.05, 0) is 31.5 Å². The average molecular weight is 357 g/mol. The fraction of sp³-hybridized carbons (Fsp3) is 0.278. The van der Waals surface area contributed by atoms with Crippen LogP contribution in [-0.2, 0) is 5.72 Å². The molecule has 0 fully saturated rings. The zero-order chi connectivity index (χ0) is 15.3. The molecule has 0 bridgehead atoms. The minimum absolute atomic E-state index is 0.815. The molecule has 3 nitrogen and oxygen atoms in total. The van der Waals surface area contributed by atoms with Gasteiger partial charge in [-0.25, -0.2) is 0 Å². The fourth-order valence-electron chi connectivity index (χ4n) is 3.39. The number of aryl methyl sites for hydroxylation is 1. The molecule has 0 aromatic heterocycles. The smallest absolute Gasteiger partial charge is 0.193 e. The highest BCUT2D eigenvalue weighted by atomic mass is 79.9. The third-order valence-corrected chi connectivity index (χ3v) is 4.99. The summed E-state index contributed by atoms with van der Waals surface area (Å²) in [5.41, 5.74) is 2.89. The minimum Gasteiger partial charge on any atom is -0.363 e. The summed E-state index contributed by atoms with van der Waals surface area (Å²) in [6.07, 6.45) is 0.965. The van der Waals surface area contributed by atoms with Crippen molar-refractivity contribution in [2.45, 2.75) is 19.1 Å². The van der Waals surface area contributed by atoms with Crippen molar-refractivity contribution >= 4 is 21.8 Å². The van der Waals surface area contributed by atoms with Gasteiger partial charge >= 0.3 is 0 Å². The molecule has 1 N–H and O–H groups in total. The maximum atomic E-state index is 11.6. The maximum Gasteiger partial charge on any atom is 0.193 e. The lowest BCUT2D eigenvalue weighted by molar-refractivity contribution is -0.0318. The highest BCUT2D eigenvalue weighted by Gasteiger charge is 2.48. The second kappa shape index (κ2) is 4.93. The first-order valence-corrected chi connectivity index (χ1v) is 8.32. The Kier molecular flexibility index (Phi) is 3.13. The summed E-state index contributed by atoms with van der Waals surface area (Å²) in [7, 11) is 0. The topological polar surface area (TPSA) is 35.8 Å². The van der Waals surface area contributed by atoms with Crippen LogP contribution >= 0.6 is 15.9 Å². The van der Waals surface area contributed by atoms with Crippen LogP contribution in [0.25, 0.3) is 0 Å². The van der Waals surface area contributed by atoms with Gasteiger partial charge in [0, 0.05) is 34.3 Å². The van der Waals surface area contributed by atoms with E-state index in [0.29, 0.717) is 0 Å². The zero-order valence-electron chi connectivity index (χ0n) is 12.4. The van der Waals surface area contributed by atoms with Crippen LogP contribution in [0.4, 0.5) is 0 Å². The van der Waals surface area contributed by atoms with Crippen molar-refractivity contribution in [3.05, 3.63) is 69.2 Å². The summed E-state index contributed by atoms with van der Waals surface area (Å²) in [6, 6.07) is 14.2. The van der Waals surface area contributed by atoms with Gasteiger partial charge in [-0.3, -0.25) is 4.99 Å². The number of nitrogens with zero attached hydrogens (tertiary/aromatic N) is 2. The van der Waals surface area contributed by atoms with Crippen LogP contribution in [0.2, 0.25) is 0 Å². The lowest BCUT2D eigenvalue weighted by atomic mass is 9.93. The Morgan fingerprint density at radius 1 is 1.18 bits per heavy atom. The average Bonchev–Trinajstić information content (AvgIpc) is 2.79. The van der Waals surface area contributed by atoms with E-state index in [-0.39, 0.29) is 0 Å². The van der Waals surface area contributed by atoms with Crippen molar-refractivity contribution < 1.29 is 5.11 Å². The molecule has 2 heterocycles. The van der Waals surface area contributed by atoms with Crippen LogP contribution < -0.4 is 0 Å². The highest BCUT2D eigenvalue weighted by Crippen LogP contribution is 2.44. The number of hydrogen-bond donors (Lipinski definition) is 1. The number of halogens is 1. The zero-order valence-corrected chi connectivity index (χ0v) is 14.0. The third-order valence-electron chi connectivity index (χ3n) is 4.50. The van der Waals surface area contributed by atoms with Gasteiger partial charge in [-0.2, -0.15) is 0 Å². The molecular weight excluding hydrogens is 340 g/mol. The Bertz CT molecular complexity index is 769. The summed E-state index contributed by atoms with van der Waals surface area (Å²) in [5, 5.41) is 11.6. The van der Waals surface area contributed by atoms with Crippen molar-refractivity contribution in [3.8, 4) is 0 Å². The van der Waals surface area contributed by atoms with Crippen LogP contribution in [-0.4, -0.2) is 28.9 Å². The number of hydrogen-bond acceptors (Lipinski definition) is 3. The molecule has 1 unspecified atom stereocenters. The number of fused-ring (bicyclic) bond motifs is 3. The largest absolute Gasteiger partial charge is 0.363 e. The van der Waals surface area contributed by atoms with Crippen molar-refractivity contribution in [1.29, 1.82) is 0 Å². The molecule has 4 heteroatoms. The van der Waals surface area contributed by atoms with Gasteiger partial charge in [-0.15, -0.1) is 0 Å². The van der Waals surface area contributed by atoms with E-state index < -0.39 is 5.72 Å². The van der Waals surface area contributed by atoms with Crippen LogP contribution in [0.1, 0.15) is 28.7 Å². The lowest BCUT2D eigenvalue weighted by Gasteiger charge is -2.37. The highest BCUT2D eigenvalue weighted by molar-refractivity contribution is 9.10. The van der Waals surface area contributed by atoms with E-state index in [1.165, 1.54) is 5.56 Å². The summed E-state index contributed by atoms with van der Waals surface area (Å²) < 4.78 is 0.970. The van der Waals surface area contributed by atoms with Gasteiger partial charge in [0.1, 0.15) is 5.84 Å². The number of rotatable bonds is 1. The van der Waals surface area contributed by atoms with E-state index in [4.69, 9.17) is 0 Å². The molecular formula is C18H17BrN2O. The van der Waals surface area contributed by atoms with E-state index in [0.717, 1.165) is 46.5 Å². The van der Waals surface area contributed by atoms with Gasteiger partial charge in [0.15, 0.2) is 5.72 Å². The molecule has 1 atom stereocenters. The van der Waals surface area contributed by atoms with E-state index in [1.807, 2.05) is 47.4 Å². The molecule has 0 radical (unpaired) electrons. The molecule has 0 aliphatic carbocycles. The molecule has 0 spiro atoms. The molecule has 2 aliphatic rings. The molecule has 0 saturated heterocycles. The van der Waals surface area contributed by atoms with E-state index >= 15 is 0 Å². The quantitative estimate of drug-likeness (QED) is 0.849. The van der Waals surface area contributed by atoms with Crippen molar-refractivity contribution in [1.82, 2.24) is 4.90 Å². The van der Waals surface area contributed by atoms with Gasteiger partial charge in [0.2, 0.25) is 0 Å². The first-order valence-electron chi connectivity index (χ1n) is 7.53. The van der Waals surface area contributed by atoms with Gasteiger partial charge in [0.25, 0.3) is 0 Å². The standard InChI is InChI=1S/C18H17BrN2O/c1-12-3-5-13(6-4-12)18(22)16-11-14(19)7-8-15(16)17-20-9-2-10-21(17)18/h3-8,11,22H,2,9-10H2,1H3. The second-order valence-electron chi connectivity index (χ2n) is 5.94. The van der Waals surface area contributed by atoms with Crippen molar-refractivity contribution in [2.75, 3.05) is 13.1 Å². The minimum atomic E-state index is -1.13. The number of aliphatic imine (C=N–C) groups is 1. The molecule has 112 valence electrons. The monoisotopic (exact) mass is 356 g/mol. The van der Waals surface area contributed by atoms with Crippen LogP contribution in [0.3, 0.4) is 0 Å². The molecule has 2 aliphatic heterocycles. The molecule has 4 rings (SSSR count). The SMILES string of the molecule is Cc1ccc(C2(O)c3cc(Br)ccc3C3=NCCCN32)cc1. The predicted octanol–water partition coefficient (Wildman–Crippen LogP) is 3.42. The third kappa shape index (κ3) is 1.87. The first kappa shape index (κ1) is 14.0. The number of benzene rings is 2. The van der Waals surface area contributed by atoms with E-state index in [9.17, 15) is 5.11 Å². The fourth-order valence-corrected chi connectivity index (χ4v) is 3.75. The summed E-state index contributed by atoms with van der Waals surface area (Å²) in [6.45, 7) is 3.70. The lowest BCUT2D eigenvalue weighted by Crippen LogP contribution is -2.47. The van der Waals surface area contributed by atoms with Crippen LogP contribution in [0.5, 0.6) is 0 Å². The van der Waals surface area contributed by atoms with Gasteiger partial charge in [0.05, 0.1) is 0 Å². The van der Waals surface area contributed by atoms with Crippen LogP contribution in [0, 0.1) is 6.92 Å². The molecule has 2 aromatic carbocycles. The van der Waals surface area contributed by atoms with Gasteiger partial charge in [-0.1, -0.05) is 45.8 Å².